The first-order valence-electron chi connectivity index (χ1n) is 13.3. The van der Waals surface area contributed by atoms with Crippen molar-refractivity contribution >= 4 is 63.1 Å². The number of anilines is 1. The van der Waals surface area contributed by atoms with Crippen molar-refractivity contribution in [1.82, 2.24) is 24.9 Å². The number of carboxylic acids is 1. The van der Waals surface area contributed by atoms with Crippen molar-refractivity contribution in [2.75, 3.05) is 11.9 Å². The number of carboxylic acid groups (broad SMARTS) is 1. The molecule has 5 aromatic rings. The normalized spacial score (nSPS) is 15.2. The number of rotatable bonds is 8. The Kier molecular flexibility index (Phi) is 7.49. The molecule has 0 aliphatic heterocycles. The SMILES string of the molecule is O=C(N[C@@H](CNc1ncnc2ccccc12)C(=O)O)c1c(Cl)cc2c(c1Cl)CCC(C(=O)c1cc3ccccn3n1)C2. The third-order valence-corrected chi connectivity index (χ3v) is 8.18. The molecule has 0 saturated carbocycles. The fraction of sp³-hybridized carbons (Fsp3) is 0.200. The highest BCUT2D eigenvalue weighted by Crippen LogP contribution is 2.38. The number of nitrogens with zero attached hydrogens (tertiary/aromatic N) is 4. The van der Waals surface area contributed by atoms with Crippen LogP contribution in [0.2, 0.25) is 10.0 Å². The van der Waals surface area contributed by atoms with Crippen molar-refractivity contribution in [3.8, 4) is 0 Å². The van der Waals surface area contributed by atoms with Crippen LogP contribution in [0, 0.1) is 5.92 Å². The molecule has 1 aliphatic carbocycles. The number of Topliss-reactive ketones (excluding diaryl/α,β-unsaturated/α-hetero) is 1. The Morgan fingerprint density at radius 2 is 1.88 bits per heavy atom. The fourth-order valence-corrected chi connectivity index (χ4v) is 6.09. The van der Waals surface area contributed by atoms with Gasteiger partial charge in [-0.15, -0.1) is 0 Å². The largest absolute Gasteiger partial charge is 0.480 e. The molecule has 3 heterocycles. The Morgan fingerprint density at radius 1 is 1.07 bits per heavy atom. The van der Waals surface area contributed by atoms with Crippen molar-refractivity contribution in [3.05, 3.63) is 99.6 Å². The van der Waals surface area contributed by atoms with Crippen LogP contribution >= 0.6 is 23.2 Å². The maximum absolute atomic E-state index is 13.3. The summed E-state index contributed by atoms with van der Waals surface area (Å²) in [6, 6.07) is 15.0. The highest BCUT2D eigenvalue weighted by Gasteiger charge is 2.32. The summed E-state index contributed by atoms with van der Waals surface area (Å²) in [5, 5.41) is 20.7. The molecule has 3 aromatic heterocycles. The van der Waals surface area contributed by atoms with Crippen LogP contribution in [-0.4, -0.2) is 54.9 Å². The Balaban J connectivity index is 1.18. The van der Waals surface area contributed by atoms with Crippen LogP contribution in [0.1, 0.15) is 38.4 Å². The van der Waals surface area contributed by atoms with Gasteiger partial charge >= 0.3 is 5.97 Å². The second-order valence-corrected chi connectivity index (χ2v) is 10.9. The molecule has 0 saturated heterocycles. The van der Waals surface area contributed by atoms with E-state index in [2.05, 4.69) is 25.7 Å². The zero-order valence-corrected chi connectivity index (χ0v) is 23.6. The second kappa shape index (κ2) is 11.4. The molecule has 6 rings (SSSR count). The van der Waals surface area contributed by atoms with Gasteiger partial charge < -0.3 is 15.7 Å². The van der Waals surface area contributed by atoms with E-state index in [4.69, 9.17) is 23.2 Å². The quantitative estimate of drug-likeness (QED) is 0.214. The van der Waals surface area contributed by atoms with E-state index in [1.807, 2.05) is 42.5 Å². The first-order chi connectivity index (χ1) is 20.3. The molecule has 1 unspecified atom stereocenters. The molecule has 2 aromatic carbocycles. The molecule has 1 aliphatic rings. The number of halogens is 2. The van der Waals surface area contributed by atoms with Crippen molar-refractivity contribution in [2.45, 2.75) is 25.3 Å². The number of hydrogen-bond donors (Lipinski definition) is 3. The Labute approximate surface area is 249 Å². The van der Waals surface area contributed by atoms with Crippen molar-refractivity contribution in [1.29, 1.82) is 0 Å². The lowest BCUT2D eigenvalue weighted by Crippen LogP contribution is -2.45. The summed E-state index contributed by atoms with van der Waals surface area (Å²) >= 11 is 13.2. The van der Waals surface area contributed by atoms with Gasteiger partial charge in [-0.1, -0.05) is 41.4 Å². The number of aliphatic carboxylic acids is 1. The highest BCUT2D eigenvalue weighted by atomic mass is 35.5. The number of ketones is 1. The lowest BCUT2D eigenvalue weighted by Gasteiger charge is -2.26. The third-order valence-electron chi connectivity index (χ3n) is 7.46. The van der Waals surface area contributed by atoms with Gasteiger partial charge in [0.05, 0.1) is 26.6 Å². The molecule has 0 bridgehead atoms. The first kappa shape index (κ1) is 27.6. The van der Waals surface area contributed by atoms with E-state index in [1.165, 1.54) is 6.33 Å². The predicted octanol–water partition coefficient (Wildman–Crippen LogP) is 4.87. The zero-order chi connectivity index (χ0) is 29.4. The maximum Gasteiger partial charge on any atom is 0.328 e. The molecule has 12 heteroatoms. The summed E-state index contributed by atoms with van der Waals surface area (Å²) in [7, 11) is 0. The number of fused-ring (bicyclic) bond motifs is 3. The van der Waals surface area contributed by atoms with Gasteiger partial charge in [0.1, 0.15) is 23.9 Å². The number of hydrogen-bond acceptors (Lipinski definition) is 7. The molecular weight excluding hydrogens is 579 g/mol. The van der Waals surface area contributed by atoms with Gasteiger partial charge in [0, 0.05) is 24.0 Å². The lowest BCUT2D eigenvalue weighted by atomic mass is 9.80. The van der Waals surface area contributed by atoms with Crippen LogP contribution in [0.3, 0.4) is 0 Å². The number of aromatic nitrogens is 4. The standard InChI is InChI=1S/C30H24Cl2N6O4/c31-21-12-17-11-16(27(39)23-13-18-5-3-4-10-38(18)37-23)8-9-19(17)26(32)25(21)29(40)36-24(30(41)42)14-33-28-20-6-1-2-7-22(20)34-15-35-28/h1-7,10,12-13,15-16,24H,8-9,11,14H2,(H,36,40)(H,41,42)(H,33,34,35)/t16?,24-/m0/s1. The number of amides is 1. The van der Waals surface area contributed by atoms with Crippen molar-refractivity contribution in [3.63, 3.8) is 0 Å². The number of nitrogens with one attached hydrogen (secondary N) is 2. The van der Waals surface area contributed by atoms with Gasteiger partial charge in [0.15, 0.2) is 5.78 Å². The number of carbonyl (C=O) groups is 3. The smallest absolute Gasteiger partial charge is 0.328 e. The number of benzene rings is 2. The number of pyridine rings is 1. The molecule has 0 radical (unpaired) electrons. The monoisotopic (exact) mass is 602 g/mol. The van der Waals surface area contributed by atoms with E-state index in [-0.39, 0.29) is 33.9 Å². The third kappa shape index (κ3) is 5.26. The van der Waals surface area contributed by atoms with Crippen LogP contribution < -0.4 is 10.6 Å². The van der Waals surface area contributed by atoms with Gasteiger partial charge in [0.2, 0.25) is 0 Å². The Morgan fingerprint density at radius 3 is 2.69 bits per heavy atom. The maximum atomic E-state index is 13.3. The van der Waals surface area contributed by atoms with E-state index in [9.17, 15) is 19.5 Å². The number of carbonyl (C=O) groups excluding carboxylic acids is 2. The molecular formula is C30H24Cl2N6O4. The van der Waals surface area contributed by atoms with E-state index >= 15 is 0 Å². The van der Waals surface area contributed by atoms with Crippen LogP contribution in [0.25, 0.3) is 16.4 Å². The summed E-state index contributed by atoms with van der Waals surface area (Å²) in [4.78, 5) is 47.0. The molecule has 2 atom stereocenters. The summed E-state index contributed by atoms with van der Waals surface area (Å²) < 4.78 is 1.66. The molecule has 0 fully saturated rings. The first-order valence-corrected chi connectivity index (χ1v) is 14.0. The van der Waals surface area contributed by atoms with E-state index in [0.717, 1.165) is 16.6 Å². The molecule has 1 amide bonds. The second-order valence-electron chi connectivity index (χ2n) is 10.1. The highest BCUT2D eigenvalue weighted by molar-refractivity contribution is 6.40. The van der Waals surface area contributed by atoms with Gasteiger partial charge in [0.25, 0.3) is 5.91 Å². The van der Waals surface area contributed by atoms with E-state index < -0.39 is 17.9 Å². The van der Waals surface area contributed by atoms with Gasteiger partial charge in [-0.2, -0.15) is 5.10 Å². The molecule has 3 N–H and O–H groups in total. The number of para-hydroxylation sites is 1. The van der Waals surface area contributed by atoms with Crippen LogP contribution in [0.5, 0.6) is 0 Å². The van der Waals surface area contributed by atoms with Crippen LogP contribution in [0.15, 0.2) is 67.1 Å². The summed E-state index contributed by atoms with van der Waals surface area (Å²) in [5.41, 5.74) is 3.43. The summed E-state index contributed by atoms with van der Waals surface area (Å²) in [5.74, 6) is -1.88. The van der Waals surface area contributed by atoms with Crippen LogP contribution in [0.4, 0.5) is 5.82 Å². The zero-order valence-electron chi connectivity index (χ0n) is 22.1. The lowest BCUT2D eigenvalue weighted by molar-refractivity contribution is -0.138. The van der Waals surface area contributed by atoms with E-state index in [1.54, 1.807) is 22.8 Å². The molecule has 42 heavy (non-hydrogen) atoms. The van der Waals surface area contributed by atoms with Gasteiger partial charge in [-0.25, -0.2) is 19.3 Å². The van der Waals surface area contributed by atoms with Gasteiger partial charge in [-0.3, -0.25) is 9.59 Å². The summed E-state index contributed by atoms with van der Waals surface area (Å²) in [6.07, 6.45) is 4.55. The van der Waals surface area contributed by atoms with Gasteiger partial charge in [-0.05, 0) is 66.8 Å². The Hall–Kier alpha value is -4.54. The minimum atomic E-state index is -1.30. The minimum absolute atomic E-state index is 0.000876. The summed E-state index contributed by atoms with van der Waals surface area (Å²) in [6.45, 7) is -0.144. The fourth-order valence-electron chi connectivity index (χ4n) is 5.32. The topological polar surface area (TPSA) is 139 Å². The molecule has 10 nitrogen and oxygen atoms in total. The minimum Gasteiger partial charge on any atom is -0.480 e. The van der Waals surface area contributed by atoms with Crippen molar-refractivity contribution in [2.24, 2.45) is 5.92 Å². The van der Waals surface area contributed by atoms with Crippen LogP contribution in [-0.2, 0) is 17.6 Å². The van der Waals surface area contributed by atoms with E-state index in [0.29, 0.717) is 41.7 Å². The Bertz CT molecular complexity index is 1840. The molecule has 0 spiro atoms. The molecule has 212 valence electrons. The average molecular weight is 603 g/mol. The van der Waals surface area contributed by atoms with Crippen molar-refractivity contribution < 1.29 is 19.5 Å². The predicted molar refractivity (Wildman–Crippen MR) is 158 cm³/mol. The average Bonchev–Trinajstić information content (AvgIpc) is 3.43.